The average Bonchev–Trinajstić information content (AvgIpc) is 2.44. The van der Waals surface area contributed by atoms with Crippen LogP contribution in [-0.2, 0) is 4.74 Å². The van der Waals surface area contributed by atoms with Gasteiger partial charge in [0.2, 0.25) is 0 Å². The molecule has 0 unspecified atom stereocenters. The van der Waals surface area contributed by atoms with E-state index in [-0.39, 0.29) is 17.1 Å². The maximum Gasteiger partial charge on any atom is 0.341 e. The Bertz CT molecular complexity index is 659. The molecule has 104 valence electrons. The van der Waals surface area contributed by atoms with Gasteiger partial charge in [0.25, 0.3) is 0 Å². The Hall–Kier alpha value is -2.14. The van der Waals surface area contributed by atoms with Crippen molar-refractivity contribution in [2.24, 2.45) is 0 Å². The number of hydrogen-bond donors (Lipinski definition) is 0. The van der Waals surface area contributed by atoms with E-state index < -0.39 is 17.6 Å². The van der Waals surface area contributed by atoms with Crippen molar-refractivity contribution in [2.75, 3.05) is 7.11 Å². The van der Waals surface area contributed by atoms with Gasteiger partial charge < -0.3 is 9.47 Å². The molecule has 0 aliphatic heterocycles. The lowest BCUT2D eigenvalue weighted by Crippen LogP contribution is -2.03. The molecule has 0 aliphatic carbocycles. The number of methoxy groups -OCH3 is 1. The maximum absolute atomic E-state index is 13.1. The fraction of sp³-hybridized carbons (Fsp3) is 0.0714. The predicted octanol–water partition coefficient (Wildman–Crippen LogP) is 4.20. The van der Waals surface area contributed by atoms with Crippen LogP contribution in [0.4, 0.5) is 8.78 Å². The van der Waals surface area contributed by atoms with Crippen LogP contribution in [0.15, 0.2) is 36.4 Å². The van der Waals surface area contributed by atoms with E-state index in [1.165, 1.54) is 31.4 Å². The Morgan fingerprint density at radius 2 is 1.85 bits per heavy atom. The van der Waals surface area contributed by atoms with E-state index in [0.29, 0.717) is 5.02 Å². The number of halogens is 3. The summed E-state index contributed by atoms with van der Waals surface area (Å²) < 4.78 is 35.9. The van der Waals surface area contributed by atoms with Crippen LogP contribution in [0.25, 0.3) is 0 Å². The second-order valence-corrected chi connectivity index (χ2v) is 4.25. The largest absolute Gasteiger partial charge is 0.465 e. The van der Waals surface area contributed by atoms with Gasteiger partial charge in [0.05, 0.1) is 7.11 Å². The standard InChI is InChI=1S/C14H9ClF2O3/c1-19-14(18)10-6-8(15)2-5-13(10)20-9-3-4-11(16)12(17)7-9/h2-7H,1H3. The third-order valence-corrected chi connectivity index (χ3v) is 2.70. The van der Waals surface area contributed by atoms with Gasteiger partial charge in [0.15, 0.2) is 11.6 Å². The molecular formula is C14H9ClF2O3. The molecule has 0 saturated heterocycles. The van der Waals surface area contributed by atoms with Crippen LogP contribution in [0, 0.1) is 11.6 Å². The minimum atomic E-state index is -1.05. The van der Waals surface area contributed by atoms with Crippen molar-refractivity contribution in [2.45, 2.75) is 0 Å². The summed E-state index contributed by atoms with van der Waals surface area (Å²) in [6.07, 6.45) is 0. The quantitative estimate of drug-likeness (QED) is 0.797. The topological polar surface area (TPSA) is 35.5 Å². The minimum Gasteiger partial charge on any atom is -0.465 e. The number of ether oxygens (including phenoxy) is 2. The lowest BCUT2D eigenvalue weighted by molar-refractivity contribution is 0.0598. The van der Waals surface area contributed by atoms with E-state index in [1.54, 1.807) is 0 Å². The number of carbonyl (C=O) groups excluding carboxylic acids is 1. The third kappa shape index (κ3) is 3.05. The molecule has 0 radical (unpaired) electrons. The Labute approximate surface area is 118 Å². The number of hydrogen-bond acceptors (Lipinski definition) is 3. The molecule has 0 heterocycles. The van der Waals surface area contributed by atoms with Crippen LogP contribution in [0.1, 0.15) is 10.4 Å². The van der Waals surface area contributed by atoms with Crippen LogP contribution in [0.3, 0.4) is 0 Å². The zero-order valence-corrected chi connectivity index (χ0v) is 11.1. The lowest BCUT2D eigenvalue weighted by atomic mass is 10.2. The fourth-order valence-corrected chi connectivity index (χ4v) is 1.70. The Morgan fingerprint density at radius 3 is 2.50 bits per heavy atom. The first kappa shape index (κ1) is 14.3. The molecule has 0 aliphatic rings. The molecular weight excluding hydrogens is 290 g/mol. The molecule has 0 amide bonds. The Morgan fingerprint density at radius 1 is 1.10 bits per heavy atom. The van der Waals surface area contributed by atoms with Gasteiger partial charge in [-0.05, 0) is 30.3 Å². The van der Waals surface area contributed by atoms with Gasteiger partial charge in [0.1, 0.15) is 17.1 Å². The van der Waals surface area contributed by atoms with Gasteiger partial charge in [-0.25, -0.2) is 13.6 Å². The lowest BCUT2D eigenvalue weighted by Gasteiger charge is -2.10. The van der Waals surface area contributed by atoms with E-state index >= 15 is 0 Å². The van der Waals surface area contributed by atoms with Crippen molar-refractivity contribution in [3.63, 3.8) is 0 Å². The number of esters is 1. The highest BCUT2D eigenvalue weighted by molar-refractivity contribution is 6.31. The molecule has 0 bridgehead atoms. The highest BCUT2D eigenvalue weighted by Gasteiger charge is 2.15. The van der Waals surface area contributed by atoms with Crippen LogP contribution in [0.5, 0.6) is 11.5 Å². The highest BCUT2D eigenvalue weighted by Crippen LogP contribution is 2.29. The first-order valence-electron chi connectivity index (χ1n) is 5.52. The monoisotopic (exact) mass is 298 g/mol. The Kier molecular flexibility index (Phi) is 4.20. The van der Waals surface area contributed by atoms with Crippen LogP contribution in [-0.4, -0.2) is 13.1 Å². The second kappa shape index (κ2) is 5.88. The molecule has 0 fully saturated rings. The summed E-state index contributed by atoms with van der Waals surface area (Å²) in [7, 11) is 1.21. The molecule has 2 aromatic rings. The summed E-state index contributed by atoms with van der Waals surface area (Å²) in [6, 6.07) is 7.36. The van der Waals surface area contributed by atoms with Gasteiger partial charge in [-0.2, -0.15) is 0 Å². The van der Waals surface area contributed by atoms with E-state index in [2.05, 4.69) is 4.74 Å². The van der Waals surface area contributed by atoms with Crippen LogP contribution < -0.4 is 4.74 Å². The maximum atomic E-state index is 13.1. The molecule has 20 heavy (non-hydrogen) atoms. The van der Waals surface area contributed by atoms with Gasteiger partial charge >= 0.3 is 5.97 Å². The molecule has 0 atom stereocenters. The zero-order valence-electron chi connectivity index (χ0n) is 10.3. The molecule has 0 aromatic heterocycles. The summed E-state index contributed by atoms with van der Waals surface area (Å²) in [5.41, 5.74) is 0.0877. The van der Waals surface area contributed by atoms with Crippen LogP contribution >= 0.6 is 11.6 Å². The Balaban J connectivity index is 2.37. The predicted molar refractivity (Wildman–Crippen MR) is 69.2 cm³/mol. The van der Waals surface area contributed by atoms with Crippen molar-refractivity contribution < 1.29 is 23.0 Å². The third-order valence-electron chi connectivity index (χ3n) is 2.47. The van der Waals surface area contributed by atoms with Crippen molar-refractivity contribution in [1.82, 2.24) is 0 Å². The summed E-state index contributed by atoms with van der Waals surface area (Å²) in [4.78, 5) is 11.6. The number of benzene rings is 2. The zero-order chi connectivity index (χ0) is 14.7. The molecule has 0 spiro atoms. The summed E-state index contributed by atoms with van der Waals surface area (Å²) in [6.45, 7) is 0. The van der Waals surface area contributed by atoms with E-state index in [1.807, 2.05) is 0 Å². The summed E-state index contributed by atoms with van der Waals surface area (Å²) >= 11 is 5.79. The van der Waals surface area contributed by atoms with E-state index in [9.17, 15) is 13.6 Å². The first-order chi connectivity index (χ1) is 9.51. The van der Waals surface area contributed by atoms with Crippen LogP contribution in [0.2, 0.25) is 5.02 Å². The fourth-order valence-electron chi connectivity index (χ4n) is 1.53. The second-order valence-electron chi connectivity index (χ2n) is 3.81. The van der Waals surface area contributed by atoms with E-state index in [0.717, 1.165) is 12.1 Å². The molecule has 2 rings (SSSR count). The van der Waals surface area contributed by atoms with Gasteiger partial charge in [-0.1, -0.05) is 11.6 Å². The molecule has 0 saturated carbocycles. The summed E-state index contributed by atoms with van der Waals surface area (Å²) in [5.74, 6) is -2.49. The van der Waals surface area contributed by atoms with Gasteiger partial charge in [0, 0.05) is 11.1 Å². The highest BCUT2D eigenvalue weighted by atomic mass is 35.5. The molecule has 6 heteroatoms. The SMILES string of the molecule is COC(=O)c1cc(Cl)ccc1Oc1ccc(F)c(F)c1. The van der Waals surface area contributed by atoms with Crippen molar-refractivity contribution in [3.05, 3.63) is 58.6 Å². The smallest absolute Gasteiger partial charge is 0.341 e. The van der Waals surface area contributed by atoms with Crippen molar-refractivity contribution in [3.8, 4) is 11.5 Å². The molecule has 2 aromatic carbocycles. The van der Waals surface area contributed by atoms with Crippen molar-refractivity contribution >= 4 is 17.6 Å². The molecule has 3 nitrogen and oxygen atoms in total. The normalized spacial score (nSPS) is 10.2. The first-order valence-corrected chi connectivity index (χ1v) is 5.90. The molecule has 0 N–H and O–H groups in total. The summed E-state index contributed by atoms with van der Waals surface area (Å²) in [5, 5.41) is 0.322. The van der Waals surface area contributed by atoms with E-state index in [4.69, 9.17) is 16.3 Å². The van der Waals surface area contributed by atoms with Gasteiger partial charge in [-0.3, -0.25) is 0 Å². The minimum absolute atomic E-state index is 0.0522. The van der Waals surface area contributed by atoms with Crippen molar-refractivity contribution in [1.29, 1.82) is 0 Å². The number of rotatable bonds is 3. The number of carbonyl (C=O) groups is 1. The van der Waals surface area contributed by atoms with Gasteiger partial charge in [-0.15, -0.1) is 0 Å². The average molecular weight is 299 g/mol.